The molecule has 3 heterocycles. The zero-order valence-corrected chi connectivity index (χ0v) is 11.4. The highest BCUT2D eigenvalue weighted by Crippen LogP contribution is 2.31. The molecular weight excluding hydrogens is 272 g/mol. The van der Waals surface area contributed by atoms with Crippen molar-refractivity contribution in [3.8, 4) is 5.69 Å². The van der Waals surface area contributed by atoms with Crippen molar-refractivity contribution >= 4 is 39.5 Å². The van der Waals surface area contributed by atoms with Crippen LogP contribution in [0.4, 0.5) is 11.5 Å². The molecule has 1 aliphatic heterocycles. The molecule has 0 saturated carbocycles. The summed E-state index contributed by atoms with van der Waals surface area (Å²) in [5.74, 6) is 0.687. The van der Waals surface area contributed by atoms with Crippen molar-refractivity contribution in [2.24, 2.45) is 0 Å². The highest BCUT2D eigenvalue weighted by atomic mass is 32.2. The number of rotatable bonds is 1. The molecule has 4 rings (SSSR count). The summed E-state index contributed by atoms with van der Waals surface area (Å²) in [6, 6.07) is 9.77. The summed E-state index contributed by atoms with van der Waals surface area (Å²) in [6.45, 7) is 0. The molecule has 0 amide bonds. The molecule has 0 aliphatic carbocycles. The quantitative estimate of drug-likeness (QED) is 0.738. The molecule has 20 heavy (non-hydrogen) atoms. The SMILES string of the molecule is CSC1=[N+]c2nccc(-n3nnc4ccccc43)c2N1. The molecule has 0 saturated heterocycles. The van der Waals surface area contributed by atoms with Crippen LogP contribution in [0.5, 0.6) is 0 Å². The first-order chi connectivity index (χ1) is 9.86. The minimum atomic E-state index is 0.687. The van der Waals surface area contributed by atoms with Gasteiger partial charge in [0.05, 0.1) is 5.52 Å². The Bertz CT molecular complexity index is 838. The normalized spacial score (nSPS) is 13.2. The summed E-state index contributed by atoms with van der Waals surface area (Å²) in [5, 5.41) is 12.5. The zero-order chi connectivity index (χ0) is 13.5. The number of thioether (sulfide) groups is 1. The van der Waals surface area contributed by atoms with Crippen molar-refractivity contribution < 1.29 is 0 Å². The molecule has 0 unspecified atom stereocenters. The average Bonchev–Trinajstić information content (AvgIpc) is 3.10. The number of hydrogen-bond acceptors (Lipinski definition) is 6. The first-order valence-electron chi connectivity index (χ1n) is 6.06. The molecule has 3 aromatic rings. The monoisotopic (exact) mass is 282 g/mol. The van der Waals surface area contributed by atoms with E-state index in [4.69, 9.17) is 0 Å². The van der Waals surface area contributed by atoms with E-state index in [0.717, 1.165) is 27.6 Å². The number of amidine groups is 1. The molecule has 0 spiro atoms. The largest absolute Gasteiger partial charge is 0.339 e. The lowest BCUT2D eigenvalue weighted by Gasteiger charge is -2.03. The van der Waals surface area contributed by atoms with Crippen LogP contribution in [0.2, 0.25) is 0 Å². The minimum Gasteiger partial charge on any atom is -0.257 e. The maximum absolute atomic E-state index is 4.42. The summed E-state index contributed by atoms with van der Waals surface area (Å²) in [6.07, 6.45) is 3.71. The number of nitrogens with one attached hydrogen (secondary N) is 1. The summed E-state index contributed by atoms with van der Waals surface area (Å²) in [7, 11) is 0. The lowest BCUT2D eigenvalue weighted by atomic mass is 10.3. The van der Waals surface area contributed by atoms with Crippen molar-refractivity contribution in [1.82, 2.24) is 25.0 Å². The Morgan fingerprint density at radius 3 is 3.05 bits per heavy atom. The zero-order valence-electron chi connectivity index (χ0n) is 10.6. The van der Waals surface area contributed by atoms with Crippen LogP contribution in [0.15, 0.2) is 36.5 Å². The maximum atomic E-state index is 4.42. The Morgan fingerprint density at radius 1 is 1.25 bits per heavy atom. The van der Waals surface area contributed by atoms with Crippen molar-refractivity contribution in [2.75, 3.05) is 11.6 Å². The van der Waals surface area contributed by atoms with Gasteiger partial charge in [0, 0.05) is 6.07 Å². The number of benzene rings is 1. The van der Waals surface area contributed by atoms with Gasteiger partial charge in [-0.05, 0) is 18.4 Å². The lowest BCUT2D eigenvalue weighted by molar-refractivity contribution is 0.824. The van der Waals surface area contributed by atoms with E-state index in [1.54, 1.807) is 18.0 Å². The van der Waals surface area contributed by atoms with Gasteiger partial charge < -0.3 is 0 Å². The van der Waals surface area contributed by atoms with Gasteiger partial charge >= 0.3 is 5.82 Å². The first-order valence-corrected chi connectivity index (χ1v) is 7.29. The van der Waals surface area contributed by atoms with Crippen molar-refractivity contribution in [3.63, 3.8) is 0 Å². The maximum Gasteiger partial charge on any atom is 0.339 e. The number of aromatic nitrogens is 4. The van der Waals surface area contributed by atoms with Gasteiger partial charge in [-0.1, -0.05) is 34.1 Å². The van der Waals surface area contributed by atoms with Gasteiger partial charge in [0.15, 0.2) is 0 Å². The van der Waals surface area contributed by atoms with E-state index in [-0.39, 0.29) is 0 Å². The van der Waals surface area contributed by atoms with Gasteiger partial charge in [0.2, 0.25) is 5.69 Å². The van der Waals surface area contributed by atoms with Crippen LogP contribution in [0, 0.1) is 0 Å². The van der Waals surface area contributed by atoms with Gasteiger partial charge in [0.25, 0.3) is 5.17 Å². The fourth-order valence-corrected chi connectivity index (χ4v) is 2.58. The van der Waals surface area contributed by atoms with E-state index in [9.17, 15) is 0 Å². The van der Waals surface area contributed by atoms with Crippen LogP contribution in [0.25, 0.3) is 16.7 Å². The lowest BCUT2D eigenvalue weighted by Crippen LogP contribution is -2.07. The minimum absolute atomic E-state index is 0.687. The second-order valence-electron chi connectivity index (χ2n) is 4.26. The molecule has 6 nitrogen and oxygen atoms in total. The second-order valence-corrected chi connectivity index (χ2v) is 5.06. The first kappa shape index (κ1) is 11.4. The number of aliphatic imine (C=N–C) groups is 1. The van der Waals surface area contributed by atoms with E-state index in [2.05, 4.69) is 25.6 Å². The van der Waals surface area contributed by atoms with E-state index < -0.39 is 0 Å². The van der Waals surface area contributed by atoms with Crippen molar-refractivity contribution in [3.05, 3.63) is 36.5 Å². The van der Waals surface area contributed by atoms with Crippen LogP contribution in [-0.2, 0) is 0 Å². The number of fused-ring (bicyclic) bond motifs is 2. The molecule has 1 N–H and O–H groups in total. The molecule has 2 aromatic heterocycles. The van der Waals surface area contributed by atoms with Gasteiger partial charge in [-0.25, -0.2) is 4.68 Å². The third-order valence-electron chi connectivity index (χ3n) is 3.12. The van der Waals surface area contributed by atoms with E-state index in [0.29, 0.717) is 5.82 Å². The molecule has 1 radical (unpaired) electrons. The molecule has 1 aliphatic rings. The molecule has 0 atom stereocenters. The predicted octanol–water partition coefficient (Wildman–Crippen LogP) is 1.93. The fraction of sp³-hybridized carbons (Fsp3) is 0.0769. The summed E-state index contributed by atoms with van der Waals surface area (Å²) in [5.41, 5.74) is 3.59. The summed E-state index contributed by atoms with van der Waals surface area (Å²) >= 11 is 1.55. The number of nitrogens with zero attached hydrogens (tertiary/aromatic N) is 5. The van der Waals surface area contributed by atoms with Gasteiger partial charge in [0.1, 0.15) is 17.4 Å². The number of hydrogen-bond donors (Lipinski definition) is 1. The van der Waals surface area contributed by atoms with Crippen LogP contribution in [0.1, 0.15) is 0 Å². The Morgan fingerprint density at radius 2 is 2.15 bits per heavy atom. The smallest absolute Gasteiger partial charge is 0.257 e. The van der Waals surface area contributed by atoms with Crippen molar-refractivity contribution in [1.29, 1.82) is 0 Å². The Kier molecular flexibility index (Phi) is 2.46. The highest BCUT2D eigenvalue weighted by molar-refractivity contribution is 8.13. The molecular formula is C13H10N6S+. The summed E-state index contributed by atoms with van der Waals surface area (Å²) in [4.78, 5) is 8.70. The van der Waals surface area contributed by atoms with Crippen LogP contribution >= 0.6 is 11.8 Å². The molecule has 0 fully saturated rings. The summed E-state index contributed by atoms with van der Waals surface area (Å²) < 4.78 is 1.81. The van der Waals surface area contributed by atoms with Crippen LogP contribution in [0.3, 0.4) is 0 Å². The Balaban J connectivity index is 1.92. The van der Waals surface area contributed by atoms with Gasteiger partial charge in [-0.3, -0.25) is 5.32 Å². The third-order valence-corrected chi connectivity index (χ3v) is 3.70. The molecule has 97 valence electrons. The van der Waals surface area contributed by atoms with Crippen LogP contribution < -0.4 is 10.3 Å². The average molecular weight is 282 g/mol. The number of pyridine rings is 1. The fourth-order valence-electron chi connectivity index (χ4n) is 2.20. The van der Waals surface area contributed by atoms with Crippen molar-refractivity contribution in [2.45, 2.75) is 0 Å². The van der Waals surface area contributed by atoms with E-state index in [1.807, 2.05) is 41.3 Å². The highest BCUT2D eigenvalue weighted by Gasteiger charge is 2.28. The molecule has 7 heteroatoms. The van der Waals surface area contributed by atoms with E-state index >= 15 is 0 Å². The Labute approximate surface area is 118 Å². The second kappa shape index (κ2) is 4.31. The predicted molar refractivity (Wildman–Crippen MR) is 80.6 cm³/mol. The van der Waals surface area contributed by atoms with E-state index in [1.165, 1.54) is 0 Å². The number of para-hydroxylation sites is 1. The number of anilines is 1. The third kappa shape index (κ3) is 1.60. The van der Waals surface area contributed by atoms with Crippen LogP contribution in [-0.4, -0.2) is 31.4 Å². The topological polar surface area (TPSA) is 69.7 Å². The standard InChI is InChI=1S/C13H10N6S/c1-20-13-15-11-10(6-7-14-12(11)16-13)19-9-5-3-2-4-8(9)17-18-19/h2-7,15H,1H3/q+1. The molecule has 1 aromatic carbocycles. The van der Waals surface area contributed by atoms with Gasteiger partial charge in [-0.2, -0.15) is 0 Å². The molecule has 0 bridgehead atoms. The Hall–Kier alpha value is -2.41. The van der Waals surface area contributed by atoms with Gasteiger partial charge in [-0.15, -0.1) is 10.1 Å².